The third-order valence-corrected chi connectivity index (χ3v) is 0.884. The van der Waals surface area contributed by atoms with Crippen molar-refractivity contribution in [3.63, 3.8) is 0 Å². The minimum Gasteiger partial charge on any atom is -0.477 e. The molecule has 0 unspecified atom stereocenters. The van der Waals surface area contributed by atoms with Gasteiger partial charge < -0.3 is 10.6 Å². The summed E-state index contributed by atoms with van der Waals surface area (Å²) in [4.78, 5) is 13.7. The first kappa shape index (κ1) is 8.58. The van der Waals surface area contributed by atoms with Crippen LogP contribution in [-0.2, 0) is 0 Å². The smallest absolute Gasteiger partial charge is 0.354 e. The van der Waals surface area contributed by atoms with E-state index in [-0.39, 0.29) is 11.2 Å². The Morgan fingerprint density at radius 2 is 2.20 bits per heavy atom. The predicted octanol–water partition coefficient (Wildman–Crippen LogP) is -0.0449. The SMILES string of the molecule is O.O=C(O)c1ccccn1. The summed E-state index contributed by atoms with van der Waals surface area (Å²) in [6, 6.07) is 4.76. The summed E-state index contributed by atoms with van der Waals surface area (Å²) in [5.74, 6) is -0.990. The Morgan fingerprint density at radius 3 is 2.50 bits per heavy atom. The lowest BCUT2D eigenvalue weighted by Crippen LogP contribution is -1.97. The summed E-state index contributed by atoms with van der Waals surface area (Å²) >= 11 is 0. The molecule has 3 N–H and O–H groups in total. The lowest BCUT2D eigenvalue weighted by molar-refractivity contribution is 0.0690. The zero-order chi connectivity index (χ0) is 6.69. The van der Waals surface area contributed by atoms with Crippen molar-refractivity contribution < 1.29 is 15.4 Å². The van der Waals surface area contributed by atoms with Gasteiger partial charge in [-0.1, -0.05) is 6.07 Å². The third-order valence-electron chi connectivity index (χ3n) is 0.884. The van der Waals surface area contributed by atoms with Crippen molar-refractivity contribution in [2.45, 2.75) is 0 Å². The van der Waals surface area contributed by atoms with Crippen LogP contribution in [0.1, 0.15) is 10.5 Å². The van der Waals surface area contributed by atoms with Crippen molar-refractivity contribution in [2.75, 3.05) is 0 Å². The third kappa shape index (κ3) is 1.83. The van der Waals surface area contributed by atoms with Crippen LogP contribution >= 0.6 is 0 Å². The van der Waals surface area contributed by atoms with E-state index in [0.717, 1.165) is 0 Å². The highest BCUT2D eigenvalue weighted by molar-refractivity contribution is 5.85. The van der Waals surface area contributed by atoms with Gasteiger partial charge in [0, 0.05) is 6.20 Å². The lowest BCUT2D eigenvalue weighted by atomic mass is 10.4. The number of aromatic nitrogens is 1. The molecule has 0 aromatic carbocycles. The van der Waals surface area contributed by atoms with Gasteiger partial charge in [0.15, 0.2) is 0 Å². The molecule has 1 aromatic rings. The number of hydrogen-bond acceptors (Lipinski definition) is 2. The average molecular weight is 141 g/mol. The molecule has 0 saturated carbocycles. The molecule has 0 aliphatic carbocycles. The van der Waals surface area contributed by atoms with Gasteiger partial charge in [-0.05, 0) is 12.1 Å². The van der Waals surface area contributed by atoms with Gasteiger partial charge in [0.2, 0.25) is 0 Å². The van der Waals surface area contributed by atoms with Crippen LogP contribution in [0.3, 0.4) is 0 Å². The Hall–Kier alpha value is -1.42. The molecule has 0 aliphatic heterocycles. The molecule has 10 heavy (non-hydrogen) atoms. The number of carboxylic acid groups (broad SMARTS) is 1. The highest BCUT2D eigenvalue weighted by atomic mass is 16.4. The van der Waals surface area contributed by atoms with Crippen LogP contribution in [0, 0.1) is 0 Å². The van der Waals surface area contributed by atoms with Gasteiger partial charge in [0.25, 0.3) is 0 Å². The molecule has 1 aromatic heterocycles. The van der Waals surface area contributed by atoms with Crippen molar-refractivity contribution in [3.8, 4) is 0 Å². The zero-order valence-corrected chi connectivity index (χ0v) is 5.11. The van der Waals surface area contributed by atoms with Crippen LogP contribution in [0.15, 0.2) is 24.4 Å². The van der Waals surface area contributed by atoms with Crippen LogP contribution in [0.5, 0.6) is 0 Å². The second-order valence-electron chi connectivity index (χ2n) is 1.52. The molecule has 0 bridgehead atoms. The molecule has 0 atom stereocenters. The Kier molecular flexibility index (Phi) is 3.07. The van der Waals surface area contributed by atoms with Crippen LogP contribution in [0.2, 0.25) is 0 Å². The Balaban J connectivity index is 0.000000810. The van der Waals surface area contributed by atoms with Gasteiger partial charge >= 0.3 is 5.97 Å². The molecule has 0 spiro atoms. The summed E-state index contributed by atoms with van der Waals surface area (Å²) in [6.45, 7) is 0. The van der Waals surface area contributed by atoms with E-state index in [1.54, 1.807) is 12.1 Å². The Bertz CT molecular complexity index is 209. The summed E-state index contributed by atoms with van der Waals surface area (Å²) in [6.07, 6.45) is 1.45. The van der Waals surface area contributed by atoms with Gasteiger partial charge in [-0.15, -0.1) is 0 Å². The van der Waals surface area contributed by atoms with E-state index in [1.165, 1.54) is 12.3 Å². The summed E-state index contributed by atoms with van der Waals surface area (Å²) < 4.78 is 0. The van der Waals surface area contributed by atoms with E-state index in [1.807, 2.05) is 0 Å². The summed E-state index contributed by atoms with van der Waals surface area (Å²) in [5, 5.41) is 8.32. The van der Waals surface area contributed by atoms with E-state index in [2.05, 4.69) is 4.98 Å². The highest BCUT2D eigenvalue weighted by Crippen LogP contribution is 1.90. The number of hydrogen-bond donors (Lipinski definition) is 1. The molecule has 54 valence electrons. The number of aromatic carboxylic acids is 1. The van der Waals surface area contributed by atoms with Crippen molar-refractivity contribution >= 4 is 5.97 Å². The van der Waals surface area contributed by atoms with Gasteiger partial charge in [-0.3, -0.25) is 0 Å². The van der Waals surface area contributed by atoms with Gasteiger partial charge in [0.1, 0.15) is 5.69 Å². The molecule has 4 heteroatoms. The lowest BCUT2D eigenvalue weighted by Gasteiger charge is -1.87. The molecular formula is C6H7NO3. The predicted molar refractivity (Wildman–Crippen MR) is 34.8 cm³/mol. The average Bonchev–Trinajstić information content (AvgIpc) is 1.90. The van der Waals surface area contributed by atoms with E-state index in [4.69, 9.17) is 5.11 Å². The molecule has 0 saturated heterocycles. The molecule has 1 heterocycles. The molecular weight excluding hydrogens is 134 g/mol. The molecule has 1 rings (SSSR count). The first-order chi connectivity index (χ1) is 4.30. The Labute approximate surface area is 57.5 Å². The maximum Gasteiger partial charge on any atom is 0.354 e. The number of carbonyl (C=O) groups is 1. The largest absolute Gasteiger partial charge is 0.477 e. The summed E-state index contributed by atoms with van der Waals surface area (Å²) in [5.41, 5.74) is 0.0810. The minimum atomic E-state index is -0.990. The second kappa shape index (κ2) is 3.58. The quantitative estimate of drug-likeness (QED) is 0.595. The number of nitrogens with zero attached hydrogens (tertiary/aromatic N) is 1. The fraction of sp³-hybridized carbons (Fsp3) is 0. The highest BCUT2D eigenvalue weighted by Gasteiger charge is 1.98. The fourth-order valence-corrected chi connectivity index (χ4v) is 0.489. The zero-order valence-electron chi connectivity index (χ0n) is 5.11. The first-order valence-electron chi connectivity index (χ1n) is 2.45. The van der Waals surface area contributed by atoms with Gasteiger partial charge in [0.05, 0.1) is 0 Å². The Morgan fingerprint density at radius 1 is 1.50 bits per heavy atom. The van der Waals surface area contributed by atoms with Gasteiger partial charge in [-0.25, -0.2) is 9.78 Å². The maximum absolute atomic E-state index is 10.1. The first-order valence-corrected chi connectivity index (χ1v) is 2.45. The van der Waals surface area contributed by atoms with Crippen molar-refractivity contribution in [1.82, 2.24) is 4.98 Å². The normalized spacial score (nSPS) is 8.00. The van der Waals surface area contributed by atoms with E-state index < -0.39 is 5.97 Å². The summed E-state index contributed by atoms with van der Waals surface area (Å²) in [7, 11) is 0. The topological polar surface area (TPSA) is 81.7 Å². The molecule has 0 radical (unpaired) electrons. The monoisotopic (exact) mass is 141 g/mol. The van der Waals surface area contributed by atoms with Crippen LogP contribution < -0.4 is 0 Å². The van der Waals surface area contributed by atoms with Crippen LogP contribution in [0.25, 0.3) is 0 Å². The van der Waals surface area contributed by atoms with E-state index >= 15 is 0 Å². The molecule has 0 aliphatic rings. The molecule has 0 fully saturated rings. The number of rotatable bonds is 1. The van der Waals surface area contributed by atoms with E-state index in [9.17, 15) is 4.79 Å². The van der Waals surface area contributed by atoms with Crippen molar-refractivity contribution in [2.24, 2.45) is 0 Å². The second-order valence-corrected chi connectivity index (χ2v) is 1.52. The number of pyridine rings is 1. The van der Waals surface area contributed by atoms with E-state index in [0.29, 0.717) is 0 Å². The maximum atomic E-state index is 10.1. The minimum absolute atomic E-state index is 0. The number of carboxylic acids is 1. The van der Waals surface area contributed by atoms with Crippen LogP contribution in [0.4, 0.5) is 0 Å². The van der Waals surface area contributed by atoms with Crippen LogP contribution in [-0.4, -0.2) is 21.5 Å². The van der Waals surface area contributed by atoms with Crippen molar-refractivity contribution in [3.05, 3.63) is 30.1 Å². The standard InChI is InChI=1S/C6H5NO2.H2O/c8-6(9)5-3-1-2-4-7-5;/h1-4H,(H,8,9);1H2. The fourth-order valence-electron chi connectivity index (χ4n) is 0.489. The van der Waals surface area contributed by atoms with Crippen molar-refractivity contribution in [1.29, 1.82) is 0 Å². The molecule has 0 amide bonds. The molecule has 4 nitrogen and oxygen atoms in total. The van der Waals surface area contributed by atoms with Gasteiger partial charge in [-0.2, -0.15) is 0 Å².